The van der Waals surface area contributed by atoms with Gasteiger partial charge in [-0.1, -0.05) is 0 Å². The van der Waals surface area contributed by atoms with E-state index >= 15 is 0 Å². The minimum absolute atomic E-state index is 0.0522. The van der Waals surface area contributed by atoms with Gasteiger partial charge in [0, 0.05) is 19.1 Å². The van der Waals surface area contributed by atoms with Crippen molar-refractivity contribution in [3.63, 3.8) is 0 Å². The fourth-order valence-electron chi connectivity index (χ4n) is 1.74. The van der Waals surface area contributed by atoms with Gasteiger partial charge in [-0.05, 0) is 40.5 Å². The summed E-state index contributed by atoms with van der Waals surface area (Å²) >= 11 is 0. The minimum atomic E-state index is -0.612. The molecule has 0 aliphatic carbocycles. The van der Waals surface area contributed by atoms with Crippen molar-refractivity contribution in [2.45, 2.75) is 52.2 Å². The Morgan fingerprint density at radius 2 is 1.83 bits per heavy atom. The van der Waals surface area contributed by atoms with Crippen LogP contribution < -0.4 is 5.32 Å². The highest BCUT2D eigenvalue weighted by Gasteiger charge is 2.27. The van der Waals surface area contributed by atoms with E-state index < -0.39 is 17.6 Å². The first-order valence-electron chi connectivity index (χ1n) is 6.40. The average Bonchev–Trinajstić information content (AvgIpc) is 2.27. The number of carbonyl (C=O) groups excluding carboxylic acids is 2. The number of carbonyl (C=O) groups is 2. The molecule has 1 N–H and O–H groups in total. The lowest BCUT2D eigenvalue weighted by atomic mass is 9.99. The molecule has 1 atom stereocenters. The number of nitrogens with one attached hydrogen (secondary N) is 1. The van der Waals surface area contributed by atoms with Gasteiger partial charge >= 0.3 is 5.97 Å². The van der Waals surface area contributed by atoms with Gasteiger partial charge in [-0.3, -0.25) is 4.79 Å². The van der Waals surface area contributed by atoms with E-state index in [-0.39, 0.29) is 11.8 Å². The molecule has 1 aliphatic heterocycles. The molecule has 104 valence electrons. The molecule has 5 heteroatoms. The van der Waals surface area contributed by atoms with Crippen LogP contribution in [0.5, 0.6) is 0 Å². The topological polar surface area (TPSA) is 64.6 Å². The Bertz CT molecular complexity index is 303. The summed E-state index contributed by atoms with van der Waals surface area (Å²) < 4.78 is 10.4. The fraction of sp³-hybridized carbons (Fsp3) is 0.846. The number of hydrogen-bond acceptors (Lipinski definition) is 4. The van der Waals surface area contributed by atoms with Crippen molar-refractivity contribution >= 4 is 11.9 Å². The van der Waals surface area contributed by atoms with Crippen molar-refractivity contribution in [1.82, 2.24) is 5.32 Å². The average molecular weight is 257 g/mol. The Balaban J connectivity index is 2.41. The Hall–Kier alpha value is -1.10. The second kappa shape index (κ2) is 6.18. The maximum atomic E-state index is 11.9. The summed E-state index contributed by atoms with van der Waals surface area (Å²) in [5.41, 5.74) is -0.533. The predicted molar refractivity (Wildman–Crippen MR) is 67.0 cm³/mol. The van der Waals surface area contributed by atoms with Crippen LogP contribution in [0.4, 0.5) is 0 Å². The van der Waals surface area contributed by atoms with Crippen LogP contribution in [0.1, 0.15) is 40.5 Å². The summed E-state index contributed by atoms with van der Waals surface area (Å²) in [6.07, 6.45) is 1.43. The SMILES string of the molecule is C[C@@H](NC(=O)C1CCOCC1)C(=O)OC(C)(C)C. The predicted octanol–water partition coefficient (Wildman–Crippen LogP) is 1.26. The number of ether oxygens (including phenoxy) is 2. The smallest absolute Gasteiger partial charge is 0.328 e. The summed E-state index contributed by atoms with van der Waals surface area (Å²) in [5.74, 6) is -0.539. The molecule has 0 bridgehead atoms. The first-order valence-corrected chi connectivity index (χ1v) is 6.40. The minimum Gasteiger partial charge on any atom is -0.458 e. The summed E-state index contributed by atoms with van der Waals surface area (Å²) in [6, 6.07) is -0.612. The summed E-state index contributed by atoms with van der Waals surface area (Å²) in [4.78, 5) is 23.6. The third-order valence-corrected chi connectivity index (χ3v) is 2.71. The zero-order chi connectivity index (χ0) is 13.8. The molecule has 1 amide bonds. The van der Waals surface area contributed by atoms with Crippen LogP contribution in [-0.2, 0) is 19.1 Å². The van der Waals surface area contributed by atoms with Gasteiger partial charge in [0.1, 0.15) is 11.6 Å². The zero-order valence-electron chi connectivity index (χ0n) is 11.6. The van der Waals surface area contributed by atoms with Crippen molar-refractivity contribution in [1.29, 1.82) is 0 Å². The van der Waals surface area contributed by atoms with Gasteiger partial charge in [0.2, 0.25) is 5.91 Å². The molecule has 1 aliphatic rings. The maximum Gasteiger partial charge on any atom is 0.328 e. The molecule has 5 nitrogen and oxygen atoms in total. The van der Waals surface area contributed by atoms with Gasteiger partial charge < -0.3 is 14.8 Å². The molecule has 1 rings (SSSR count). The molecule has 0 spiro atoms. The van der Waals surface area contributed by atoms with Crippen molar-refractivity contribution in [2.24, 2.45) is 5.92 Å². The Morgan fingerprint density at radius 1 is 1.28 bits per heavy atom. The lowest BCUT2D eigenvalue weighted by Crippen LogP contribution is -2.45. The monoisotopic (exact) mass is 257 g/mol. The van der Waals surface area contributed by atoms with E-state index in [1.807, 2.05) is 0 Å². The molecule has 1 heterocycles. The zero-order valence-corrected chi connectivity index (χ0v) is 11.6. The third kappa shape index (κ3) is 5.04. The molecule has 1 fully saturated rings. The second-order valence-corrected chi connectivity index (χ2v) is 5.65. The molecule has 0 aromatic rings. The largest absolute Gasteiger partial charge is 0.458 e. The van der Waals surface area contributed by atoms with Crippen LogP contribution in [0, 0.1) is 5.92 Å². The Kier molecular flexibility index (Phi) is 5.14. The summed E-state index contributed by atoms with van der Waals surface area (Å²) in [6.45, 7) is 8.27. The van der Waals surface area contributed by atoms with E-state index in [0.29, 0.717) is 26.1 Å². The van der Waals surface area contributed by atoms with Crippen LogP contribution in [0.15, 0.2) is 0 Å². The number of rotatable bonds is 3. The summed E-state index contributed by atoms with van der Waals surface area (Å²) in [7, 11) is 0. The highest BCUT2D eigenvalue weighted by atomic mass is 16.6. The van der Waals surface area contributed by atoms with Crippen LogP contribution in [0.25, 0.3) is 0 Å². The molecule has 1 saturated heterocycles. The quantitative estimate of drug-likeness (QED) is 0.773. The van der Waals surface area contributed by atoms with E-state index in [1.165, 1.54) is 0 Å². The highest BCUT2D eigenvalue weighted by Crippen LogP contribution is 2.15. The van der Waals surface area contributed by atoms with E-state index in [0.717, 1.165) is 0 Å². The molecule has 0 saturated carbocycles. The number of amides is 1. The van der Waals surface area contributed by atoms with Crippen LogP contribution >= 0.6 is 0 Å². The lowest BCUT2D eigenvalue weighted by Gasteiger charge is -2.25. The van der Waals surface area contributed by atoms with Crippen LogP contribution in [0.3, 0.4) is 0 Å². The highest BCUT2D eigenvalue weighted by molar-refractivity contribution is 5.85. The molecule has 0 unspecified atom stereocenters. The standard InChI is InChI=1S/C13H23NO4/c1-9(12(16)18-13(2,3)4)14-11(15)10-5-7-17-8-6-10/h9-10H,5-8H2,1-4H3,(H,14,15)/t9-/m1/s1. The normalized spacial score (nSPS) is 19.1. The van der Waals surface area contributed by atoms with Crippen molar-refractivity contribution in [3.8, 4) is 0 Å². The number of esters is 1. The van der Waals surface area contributed by atoms with Gasteiger partial charge in [-0.2, -0.15) is 0 Å². The molecule has 0 radical (unpaired) electrons. The van der Waals surface area contributed by atoms with Crippen LogP contribution in [0.2, 0.25) is 0 Å². The van der Waals surface area contributed by atoms with Crippen molar-refractivity contribution in [2.75, 3.05) is 13.2 Å². The third-order valence-electron chi connectivity index (χ3n) is 2.71. The Morgan fingerprint density at radius 3 is 2.33 bits per heavy atom. The van der Waals surface area contributed by atoms with Crippen LogP contribution in [-0.4, -0.2) is 36.7 Å². The van der Waals surface area contributed by atoms with Crippen molar-refractivity contribution in [3.05, 3.63) is 0 Å². The molecular weight excluding hydrogens is 234 g/mol. The molecular formula is C13H23NO4. The first kappa shape index (κ1) is 15.0. The molecule has 0 aromatic heterocycles. The molecule has 18 heavy (non-hydrogen) atoms. The lowest BCUT2D eigenvalue weighted by molar-refractivity contribution is -0.158. The van der Waals surface area contributed by atoms with Crippen molar-refractivity contribution < 1.29 is 19.1 Å². The Labute approximate surface area is 108 Å². The van der Waals surface area contributed by atoms with Gasteiger partial charge in [0.25, 0.3) is 0 Å². The van der Waals surface area contributed by atoms with E-state index in [2.05, 4.69) is 5.32 Å². The van der Waals surface area contributed by atoms with E-state index in [9.17, 15) is 9.59 Å². The molecule has 0 aromatic carbocycles. The fourth-order valence-corrected chi connectivity index (χ4v) is 1.74. The van der Waals surface area contributed by atoms with E-state index in [1.54, 1.807) is 27.7 Å². The second-order valence-electron chi connectivity index (χ2n) is 5.65. The van der Waals surface area contributed by atoms with Gasteiger partial charge in [0.15, 0.2) is 0 Å². The van der Waals surface area contributed by atoms with Gasteiger partial charge in [-0.25, -0.2) is 4.79 Å². The summed E-state index contributed by atoms with van der Waals surface area (Å²) in [5, 5.41) is 2.70. The van der Waals surface area contributed by atoms with Gasteiger partial charge in [0.05, 0.1) is 0 Å². The number of hydrogen-bond donors (Lipinski definition) is 1. The van der Waals surface area contributed by atoms with E-state index in [4.69, 9.17) is 9.47 Å². The first-order chi connectivity index (χ1) is 8.29. The van der Waals surface area contributed by atoms with Gasteiger partial charge in [-0.15, -0.1) is 0 Å². The maximum absolute atomic E-state index is 11.9.